The van der Waals surface area contributed by atoms with Gasteiger partial charge in [0.2, 0.25) is 0 Å². The largest absolute Gasteiger partial charge is 0.469 e. The number of hydrogen-bond acceptors (Lipinski definition) is 4. The molecule has 1 aromatic heterocycles. The highest BCUT2D eigenvalue weighted by atomic mass is 32.1. The zero-order valence-corrected chi connectivity index (χ0v) is 12.6. The maximum atomic E-state index is 11.2. The van der Waals surface area contributed by atoms with E-state index >= 15 is 0 Å². The Morgan fingerprint density at radius 3 is 2.79 bits per heavy atom. The Morgan fingerprint density at radius 1 is 1.42 bits per heavy atom. The fourth-order valence-electron chi connectivity index (χ4n) is 2.71. The quantitative estimate of drug-likeness (QED) is 0.814. The lowest BCUT2D eigenvalue weighted by atomic mass is 10.00. The third-order valence-corrected chi connectivity index (χ3v) is 5.05. The summed E-state index contributed by atoms with van der Waals surface area (Å²) >= 11 is 1.70. The van der Waals surface area contributed by atoms with Crippen molar-refractivity contribution in [2.45, 2.75) is 51.6 Å². The van der Waals surface area contributed by atoms with Gasteiger partial charge in [-0.1, -0.05) is 12.8 Å². The highest BCUT2D eigenvalue weighted by Crippen LogP contribution is 2.28. The first-order chi connectivity index (χ1) is 9.19. The number of carbonyl (C=O) groups is 1. The molecule has 0 aromatic carbocycles. The minimum Gasteiger partial charge on any atom is -0.469 e. The number of methoxy groups -OCH3 is 1. The molecule has 1 fully saturated rings. The van der Waals surface area contributed by atoms with Crippen LogP contribution in [0.25, 0.3) is 0 Å². The maximum absolute atomic E-state index is 11.2. The van der Waals surface area contributed by atoms with Gasteiger partial charge in [-0.3, -0.25) is 4.79 Å². The van der Waals surface area contributed by atoms with E-state index in [0.717, 1.165) is 17.3 Å². The van der Waals surface area contributed by atoms with Crippen molar-refractivity contribution in [1.29, 1.82) is 0 Å². The number of thiophene rings is 1. The van der Waals surface area contributed by atoms with Gasteiger partial charge in [0, 0.05) is 22.3 Å². The summed E-state index contributed by atoms with van der Waals surface area (Å²) in [6, 6.07) is 4.73. The smallest absolute Gasteiger partial charge is 0.310 e. The number of nitrogens with one attached hydrogen (secondary N) is 1. The van der Waals surface area contributed by atoms with Gasteiger partial charge in [-0.15, -0.1) is 11.3 Å². The van der Waals surface area contributed by atoms with E-state index in [1.54, 1.807) is 11.3 Å². The van der Waals surface area contributed by atoms with Crippen molar-refractivity contribution in [2.24, 2.45) is 5.92 Å². The van der Waals surface area contributed by atoms with Crippen LogP contribution >= 0.6 is 11.3 Å². The Bertz CT molecular complexity index is 410. The highest BCUT2D eigenvalue weighted by Gasteiger charge is 2.21. The molecule has 0 unspecified atom stereocenters. The van der Waals surface area contributed by atoms with E-state index in [0.29, 0.717) is 12.5 Å². The maximum Gasteiger partial charge on any atom is 0.310 e. The van der Waals surface area contributed by atoms with Gasteiger partial charge in [0.15, 0.2) is 0 Å². The molecule has 4 heteroatoms. The molecule has 0 bridgehead atoms. The number of ether oxygens (including phenoxy) is 1. The number of carbonyl (C=O) groups excluding carboxylic acids is 1. The Morgan fingerprint density at radius 2 is 2.11 bits per heavy atom. The van der Waals surface area contributed by atoms with Gasteiger partial charge in [-0.25, -0.2) is 0 Å². The topological polar surface area (TPSA) is 38.3 Å². The zero-order chi connectivity index (χ0) is 13.7. The highest BCUT2D eigenvalue weighted by molar-refractivity contribution is 7.12. The number of hydrogen-bond donors (Lipinski definition) is 1. The minimum atomic E-state index is -0.166. The third kappa shape index (κ3) is 4.32. The molecule has 0 radical (unpaired) electrons. The second kappa shape index (κ2) is 7.06. The van der Waals surface area contributed by atoms with Crippen LogP contribution in [0.2, 0.25) is 0 Å². The molecule has 0 spiro atoms. The van der Waals surface area contributed by atoms with E-state index in [1.165, 1.54) is 37.7 Å². The van der Waals surface area contributed by atoms with E-state index < -0.39 is 0 Å². The third-order valence-electron chi connectivity index (χ3n) is 3.97. The summed E-state index contributed by atoms with van der Waals surface area (Å²) in [4.78, 5) is 13.6. The molecular weight excluding hydrogens is 258 g/mol. The lowest BCUT2D eigenvalue weighted by Gasteiger charge is -2.19. The van der Waals surface area contributed by atoms with E-state index in [9.17, 15) is 4.79 Å². The van der Waals surface area contributed by atoms with Crippen LogP contribution < -0.4 is 5.32 Å². The predicted octanol–water partition coefficient (Wildman–Crippen LogP) is 3.13. The first kappa shape index (κ1) is 14.5. The van der Waals surface area contributed by atoms with Crippen LogP contribution in [-0.2, 0) is 22.5 Å². The Balaban J connectivity index is 1.77. The molecule has 0 saturated heterocycles. The standard InChI is InChI=1S/C15H23NO2S/c1-11(12-5-3-4-6-12)16-10-14-8-7-13(19-14)9-15(17)18-2/h7-8,11-12,16H,3-6,9-10H2,1-2H3/t11-/m1/s1. The monoisotopic (exact) mass is 281 g/mol. The zero-order valence-electron chi connectivity index (χ0n) is 11.8. The molecule has 1 N–H and O–H groups in total. The second-order valence-electron chi connectivity index (χ2n) is 5.34. The van der Waals surface area contributed by atoms with Gasteiger partial charge in [0.05, 0.1) is 13.5 Å². The molecule has 1 aliphatic carbocycles. The van der Waals surface area contributed by atoms with Crippen molar-refractivity contribution in [3.05, 3.63) is 21.9 Å². The summed E-state index contributed by atoms with van der Waals surface area (Å²) in [5.41, 5.74) is 0. The van der Waals surface area contributed by atoms with Gasteiger partial charge in [-0.05, 0) is 37.8 Å². The summed E-state index contributed by atoms with van der Waals surface area (Å²) in [7, 11) is 1.43. The summed E-state index contributed by atoms with van der Waals surface area (Å²) in [6.45, 7) is 3.20. The van der Waals surface area contributed by atoms with Crippen LogP contribution in [-0.4, -0.2) is 19.1 Å². The molecule has 1 aliphatic rings. The molecule has 106 valence electrons. The number of rotatable bonds is 6. The second-order valence-corrected chi connectivity index (χ2v) is 6.59. The average Bonchev–Trinajstić information content (AvgIpc) is 3.07. The number of esters is 1. The first-order valence-electron chi connectivity index (χ1n) is 7.07. The fourth-order valence-corrected chi connectivity index (χ4v) is 3.67. The van der Waals surface area contributed by atoms with Gasteiger partial charge >= 0.3 is 5.97 Å². The van der Waals surface area contributed by atoms with Crippen LogP contribution in [0.15, 0.2) is 12.1 Å². The van der Waals surface area contributed by atoms with Crippen LogP contribution in [0.5, 0.6) is 0 Å². The molecule has 1 heterocycles. The van der Waals surface area contributed by atoms with Crippen molar-refractivity contribution in [3.8, 4) is 0 Å². The first-order valence-corrected chi connectivity index (χ1v) is 7.88. The Hall–Kier alpha value is -0.870. The SMILES string of the molecule is COC(=O)Cc1ccc(CN[C@H](C)C2CCCC2)s1. The summed E-state index contributed by atoms with van der Waals surface area (Å²) in [6.07, 6.45) is 5.90. The molecule has 1 aromatic rings. The van der Waals surface area contributed by atoms with Gasteiger partial charge in [0.1, 0.15) is 0 Å². The minimum absolute atomic E-state index is 0.166. The van der Waals surface area contributed by atoms with Crippen LogP contribution in [0, 0.1) is 5.92 Å². The van der Waals surface area contributed by atoms with E-state index in [2.05, 4.69) is 23.0 Å². The van der Waals surface area contributed by atoms with Crippen molar-refractivity contribution in [1.82, 2.24) is 5.32 Å². The normalized spacial score (nSPS) is 17.6. The summed E-state index contributed by atoms with van der Waals surface area (Å²) in [5, 5.41) is 3.62. The van der Waals surface area contributed by atoms with Gasteiger partial charge in [-0.2, -0.15) is 0 Å². The van der Waals surface area contributed by atoms with E-state index in [-0.39, 0.29) is 5.97 Å². The summed E-state index contributed by atoms with van der Waals surface area (Å²) < 4.78 is 4.68. The van der Waals surface area contributed by atoms with Crippen molar-refractivity contribution < 1.29 is 9.53 Å². The molecule has 1 atom stereocenters. The fraction of sp³-hybridized carbons (Fsp3) is 0.667. The molecule has 0 aliphatic heterocycles. The molecular formula is C15H23NO2S. The van der Waals surface area contributed by atoms with Gasteiger partial charge < -0.3 is 10.1 Å². The lowest BCUT2D eigenvalue weighted by Crippen LogP contribution is -2.31. The van der Waals surface area contributed by atoms with E-state index in [1.807, 2.05) is 6.07 Å². The lowest BCUT2D eigenvalue weighted by molar-refractivity contribution is -0.139. The molecule has 1 saturated carbocycles. The summed E-state index contributed by atoms with van der Waals surface area (Å²) in [5.74, 6) is 0.676. The average molecular weight is 281 g/mol. The van der Waals surface area contributed by atoms with Crippen LogP contribution in [0.1, 0.15) is 42.4 Å². The van der Waals surface area contributed by atoms with Crippen molar-refractivity contribution >= 4 is 17.3 Å². The van der Waals surface area contributed by atoms with Crippen molar-refractivity contribution in [2.75, 3.05) is 7.11 Å². The van der Waals surface area contributed by atoms with Crippen molar-refractivity contribution in [3.63, 3.8) is 0 Å². The molecule has 2 rings (SSSR count). The Labute approximate surface area is 119 Å². The molecule has 3 nitrogen and oxygen atoms in total. The predicted molar refractivity (Wildman–Crippen MR) is 78.3 cm³/mol. The van der Waals surface area contributed by atoms with Crippen LogP contribution in [0.3, 0.4) is 0 Å². The van der Waals surface area contributed by atoms with Crippen LogP contribution in [0.4, 0.5) is 0 Å². The Kier molecular flexibility index (Phi) is 5.40. The molecule has 0 amide bonds. The molecule has 19 heavy (non-hydrogen) atoms. The van der Waals surface area contributed by atoms with Gasteiger partial charge in [0.25, 0.3) is 0 Å². The van der Waals surface area contributed by atoms with E-state index in [4.69, 9.17) is 0 Å².